The Labute approximate surface area is 282 Å². The Bertz CT molecular complexity index is 1940. The summed E-state index contributed by atoms with van der Waals surface area (Å²) in [5.41, 5.74) is 4.72. The molecule has 3 aromatic heterocycles. The van der Waals surface area contributed by atoms with Gasteiger partial charge in [-0.05, 0) is 93.6 Å². The van der Waals surface area contributed by atoms with Crippen LogP contribution in [-0.4, -0.2) is 49.3 Å². The Balaban J connectivity index is 1.10. The normalized spacial score (nSPS) is 16.0. The number of hydrogen-bond acceptors (Lipinski definition) is 10. The Morgan fingerprint density at radius 2 is 1.90 bits per heavy atom. The smallest absolute Gasteiger partial charge is 0.335 e. The SMILES string of the molecule is Cc1cccc(C)c1-c1cc(OCC(CC2(F)CCC2)NCc2cnc3oc(C4CC4)cc3n2)nc(NSc2cccc(C(=O)O)c2)n1. The Kier molecular flexibility index (Phi) is 9.02. The summed E-state index contributed by atoms with van der Waals surface area (Å²) in [7, 11) is 0. The summed E-state index contributed by atoms with van der Waals surface area (Å²) in [4.78, 5) is 30.8. The third-order valence-corrected chi connectivity index (χ3v) is 9.71. The van der Waals surface area contributed by atoms with E-state index >= 15 is 4.39 Å². The van der Waals surface area contributed by atoms with E-state index in [1.165, 1.54) is 11.9 Å². The molecule has 1 unspecified atom stereocenters. The lowest BCUT2D eigenvalue weighted by Crippen LogP contribution is -2.44. The van der Waals surface area contributed by atoms with Gasteiger partial charge in [-0.2, -0.15) is 4.98 Å². The van der Waals surface area contributed by atoms with E-state index in [9.17, 15) is 9.90 Å². The maximum absolute atomic E-state index is 15.5. The lowest BCUT2D eigenvalue weighted by molar-refractivity contribution is 0.0346. The highest BCUT2D eigenvalue weighted by molar-refractivity contribution is 8.00. The molecule has 248 valence electrons. The molecule has 2 aromatic carbocycles. The fraction of sp³-hybridized carbons (Fsp3) is 0.361. The zero-order chi connectivity index (χ0) is 33.3. The van der Waals surface area contributed by atoms with E-state index in [1.807, 2.05) is 38.1 Å². The molecular weight excluding hydrogens is 631 g/mol. The fourth-order valence-electron chi connectivity index (χ4n) is 6.05. The number of aromatic carboxylic acids is 1. The molecule has 7 rings (SSSR count). The van der Waals surface area contributed by atoms with Gasteiger partial charge in [0.05, 0.1) is 23.1 Å². The van der Waals surface area contributed by atoms with Crippen LogP contribution in [0.25, 0.3) is 22.5 Å². The first-order valence-corrected chi connectivity index (χ1v) is 17.1. The van der Waals surface area contributed by atoms with Crippen molar-refractivity contribution in [3.8, 4) is 17.1 Å². The summed E-state index contributed by atoms with van der Waals surface area (Å²) in [6, 6.07) is 16.1. The Morgan fingerprint density at radius 3 is 2.62 bits per heavy atom. The van der Waals surface area contributed by atoms with Crippen LogP contribution in [-0.2, 0) is 6.54 Å². The number of halogens is 1. The number of nitrogens with zero attached hydrogens (tertiary/aromatic N) is 4. The van der Waals surface area contributed by atoms with E-state index in [1.54, 1.807) is 36.5 Å². The summed E-state index contributed by atoms with van der Waals surface area (Å²) < 4.78 is 30.8. The number of rotatable bonds is 14. The molecule has 5 aromatic rings. The zero-order valence-corrected chi connectivity index (χ0v) is 27.6. The predicted octanol–water partition coefficient (Wildman–Crippen LogP) is 7.81. The lowest BCUT2D eigenvalue weighted by Gasteiger charge is -2.36. The molecule has 10 nitrogen and oxygen atoms in total. The van der Waals surface area contributed by atoms with Crippen LogP contribution in [0.2, 0.25) is 0 Å². The second-order valence-electron chi connectivity index (χ2n) is 12.8. The molecule has 12 heteroatoms. The monoisotopic (exact) mass is 668 g/mol. The topological polar surface area (TPSA) is 135 Å². The summed E-state index contributed by atoms with van der Waals surface area (Å²) in [5, 5.41) is 12.9. The molecule has 2 aliphatic carbocycles. The number of carbonyl (C=O) groups is 1. The molecular formula is C36H37FN6O4S. The largest absolute Gasteiger partial charge is 0.478 e. The van der Waals surface area contributed by atoms with Gasteiger partial charge in [0.25, 0.3) is 0 Å². The minimum atomic E-state index is -1.23. The van der Waals surface area contributed by atoms with Crippen molar-refractivity contribution in [2.75, 3.05) is 11.3 Å². The highest BCUT2D eigenvalue weighted by Gasteiger charge is 2.39. The van der Waals surface area contributed by atoms with Gasteiger partial charge in [-0.15, -0.1) is 0 Å². The molecule has 0 spiro atoms. The van der Waals surface area contributed by atoms with E-state index in [-0.39, 0.29) is 18.2 Å². The van der Waals surface area contributed by atoms with Gasteiger partial charge < -0.3 is 19.6 Å². The number of fused-ring (bicyclic) bond motifs is 1. The van der Waals surface area contributed by atoms with Crippen molar-refractivity contribution in [1.82, 2.24) is 25.3 Å². The minimum Gasteiger partial charge on any atom is -0.478 e. The number of carboxylic acids is 1. The number of aryl methyl sites for hydroxylation is 2. The van der Waals surface area contributed by atoms with Crippen LogP contribution in [0, 0.1) is 13.8 Å². The van der Waals surface area contributed by atoms with Crippen LogP contribution in [0.5, 0.6) is 5.88 Å². The van der Waals surface area contributed by atoms with Crippen molar-refractivity contribution in [3.05, 3.63) is 88.9 Å². The summed E-state index contributed by atoms with van der Waals surface area (Å²) in [6.07, 6.45) is 6.22. The quantitative estimate of drug-likeness (QED) is 0.100. The Hall–Kier alpha value is -4.55. The molecule has 0 radical (unpaired) electrons. The molecule has 0 aliphatic heterocycles. The highest BCUT2D eigenvalue weighted by Crippen LogP contribution is 2.42. The van der Waals surface area contributed by atoms with Crippen LogP contribution in [0.4, 0.5) is 10.3 Å². The van der Waals surface area contributed by atoms with Crippen molar-refractivity contribution in [2.24, 2.45) is 0 Å². The number of aromatic nitrogens is 4. The molecule has 0 amide bonds. The van der Waals surface area contributed by atoms with Gasteiger partial charge in [-0.25, -0.2) is 24.1 Å². The van der Waals surface area contributed by atoms with Crippen molar-refractivity contribution in [2.45, 2.75) is 81.4 Å². The number of anilines is 1. The average molecular weight is 669 g/mol. The van der Waals surface area contributed by atoms with Crippen molar-refractivity contribution < 1.29 is 23.4 Å². The van der Waals surface area contributed by atoms with Crippen molar-refractivity contribution >= 4 is 35.1 Å². The van der Waals surface area contributed by atoms with E-state index in [0.717, 1.165) is 52.9 Å². The first-order chi connectivity index (χ1) is 23.2. The van der Waals surface area contributed by atoms with Gasteiger partial charge in [0.15, 0.2) is 0 Å². The number of carboxylic acid groups (broad SMARTS) is 1. The molecule has 2 aliphatic rings. The molecule has 48 heavy (non-hydrogen) atoms. The van der Waals surface area contributed by atoms with Gasteiger partial charge >= 0.3 is 5.97 Å². The number of benzene rings is 2. The number of alkyl halides is 1. The van der Waals surface area contributed by atoms with Gasteiger partial charge in [0.1, 0.15) is 23.6 Å². The van der Waals surface area contributed by atoms with Gasteiger partial charge in [-0.3, -0.25) is 4.72 Å². The maximum atomic E-state index is 15.5. The van der Waals surface area contributed by atoms with E-state index in [2.05, 4.69) is 20.0 Å². The maximum Gasteiger partial charge on any atom is 0.335 e. The number of furan rings is 1. The number of hydrogen-bond donors (Lipinski definition) is 3. The van der Waals surface area contributed by atoms with Gasteiger partial charge in [-0.1, -0.05) is 24.3 Å². The number of nitrogens with one attached hydrogen (secondary N) is 2. The molecule has 2 fully saturated rings. The van der Waals surface area contributed by atoms with Crippen LogP contribution in [0.1, 0.15) is 77.4 Å². The first-order valence-electron chi connectivity index (χ1n) is 16.2. The number of ether oxygens (including phenoxy) is 1. The first kappa shape index (κ1) is 32.0. The Morgan fingerprint density at radius 1 is 1.10 bits per heavy atom. The molecule has 2 saturated carbocycles. The second kappa shape index (κ2) is 13.5. The van der Waals surface area contributed by atoms with E-state index < -0.39 is 11.6 Å². The van der Waals surface area contributed by atoms with Gasteiger partial charge in [0, 0.05) is 41.1 Å². The molecule has 0 saturated heterocycles. The average Bonchev–Trinajstić information content (AvgIpc) is 3.83. The summed E-state index contributed by atoms with van der Waals surface area (Å²) in [5.74, 6) is 1.05. The third kappa shape index (κ3) is 7.44. The standard InChI is InChI=1S/C36H37FN6O4S/c1-21-6-3-7-22(2)32(21)28-16-31(42-35(41-28)43-48-27-9-4-8-24(14-27)34(44)45)46-20-25(17-36(37)12-5-13-36)38-18-26-19-39-33-29(40-26)15-30(47-33)23-10-11-23/h3-4,6-9,14-16,19,23,25,38H,5,10-13,17-18,20H2,1-2H3,(H,44,45)(H,41,42,43). The van der Waals surface area contributed by atoms with Crippen LogP contribution >= 0.6 is 11.9 Å². The molecule has 3 heterocycles. The van der Waals surface area contributed by atoms with Crippen LogP contribution in [0.3, 0.4) is 0 Å². The van der Waals surface area contributed by atoms with Gasteiger partial charge in [0.2, 0.25) is 17.5 Å². The van der Waals surface area contributed by atoms with E-state index in [4.69, 9.17) is 19.1 Å². The molecule has 1 atom stereocenters. The van der Waals surface area contributed by atoms with Crippen molar-refractivity contribution in [1.29, 1.82) is 0 Å². The fourth-order valence-corrected chi connectivity index (χ4v) is 6.69. The van der Waals surface area contributed by atoms with Crippen LogP contribution in [0.15, 0.2) is 70.1 Å². The third-order valence-electron chi connectivity index (χ3n) is 8.93. The van der Waals surface area contributed by atoms with Crippen LogP contribution < -0.4 is 14.8 Å². The summed E-state index contributed by atoms with van der Waals surface area (Å²) in [6.45, 7) is 4.63. The summed E-state index contributed by atoms with van der Waals surface area (Å²) >= 11 is 1.21. The van der Waals surface area contributed by atoms with E-state index in [0.29, 0.717) is 59.9 Å². The lowest BCUT2D eigenvalue weighted by atomic mass is 9.77. The molecule has 0 bridgehead atoms. The zero-order valence-electron chi connectivity index (χ0n) is 26.8. The van der Waals surface area contributed by atoms with Crippen molar-refractivity contribution in [3.63, 3.8) is 0 Å². The molecule has 3 N–H and O–H groups in total. The second-order valence-corrected chi connectivity index (χ2v) is 13.7. The predicted molar refractivity (Wildman–Crippen MR) is 182 cm³/mol. The highest BCUT2D eigenvalue weighted by atomic mass is 32.2. The minimum absolute atomic E-state index is 0.176.